The molecule has 1 aromatic heterocycles. The number of aromatic nitrogens is 1. The second-order valence-corrected chi connectivity index (χ2v) is 7.58. The average Bonchev–Trinajstić information content (AvgIpc) is 3.40. The van der Waals surface area contributed by atoms with E-state index in [0.717, 1.165) is 38.5 Å². The Balaban J connectivity index is 0.00000225. The van der Waals surface area contributed by atoms with Gasteiger partial charge in [0, 0.05) is 25.1 Å². The highest BCUT2D eigenvalue weighted by Crippen LogP contribution is 2.48. The topological polar surface area (TPSA) is 71.5 Å². The van der Waals surface area contributed by atoms with E-state index < -0.39 is 12.2 Å². The molecule has 1 amide bonds. The first-order valence-electron chi connectivity index (χ1n) is 9.31. The Kier molecular flexibility index (Phi) is 4.72. The molecule has 2 aromatic rings. The van der Waals surface area contributed by atoms with Crippen molar-refractivity contribution < 1.29 is 24.8 Å². The number of hydrogen-bond acceptors (Lipinski definition) is 4. The predicted molar refractivity (Wildman–Crippen MR) is 97.9 cm³/mol. The number of halogens is 2. The van der Waals surface area contributed by atoms with Gasteiger partial charge in [0.15, 0.2) is 0 Å². The summed E-state index contributed by atoms with van der Waals surface area (Å²) in [4.78, 5) is 16.7. The summed E-state index contributed by atoms with van der Waals surface area (Å²) in [5.74, 6) is 0.208. The molecule has 0 atom stereocenters. The summed E-state index contributed by atoms with van der Waals surface area (Å²) >= 11 is 0. The molecule has 0 unspecified atom stereocenters. The summed E-state index contributed by atoms with van der Waals surface area (Å²) in [6.07, 6.45) is 6.86. The third-order valence-electron chi connectivity index (χ3n) is 5.73. The van der Waals surface area contributed by atoms with Crippen LogP contribution in [-0.2, 0) is 0 Å². The maximum absolute atomic E-state index is 12.5. The van der Waals surface area contributed by atoms with Gasteiger partial charge in [-0.3, -0.25) is 9.78 Å². The minimum atomic E-state index is -2.89. The minimum absolute atomic E-state index is 0. The van der Waals surface area contributed by atoms with Crippen molar-refractivity contribution in [3.63, 3.8) is 0 Å². The van der Waals surface area contributed by atoms with Gasteiger partial charge in [-0.25, -0.2) is 0 Å². The van der Waals surface area contributed by atoms with Crippen LogP contribution in [0.4, 0.5) is 8.78 Å². The molecule has 0 saturated heterocycles. The molecule has 2 aliphatic rings. The Morgan fingerprint density at radius 2 is 2.00 bits per heavy atom. The van der Waals surface area contributed by atoms with Gasteiger partial charge in [-0.1, -0.05) is 0 Å². The lowest BCUT2D eigenvalue weighted by Crippen LogP contribution is -2.39. The third kappa shape index (κ3) is 4.03. The second kappa shape index (κ2) is 7.03. The molecule has 146 valence electrons. The molecule has 5 nitrogen and oxygen atoms in total. The second-order valence-electron chi connectivity index (χ2n) is 7.58. The molecule has 2 aliphatic carbocycles. The molecular weight excluding hydrogens is 354 g/mol. The van der Waals surface area contributed by atoms with E-state index in [1.807, 2.05) is 0 Å². The quantitative estimate of drug-likeness (QED) is 0.828. The van der Waals surface area contributed by atoms with Gasteiger partial charge in [0.1, 0.15) is 5.75 Å². The van der Waals surface area contributed by atoms with Crippen molar-refractivity contribution in [1.29, 1.82) is 0 Å². The Morgan fingerprint density at radius 1 is 1.26 bits per heavy atom. The van der Waals surface area contributed by atoms with E-state index in [1.54, 1.807) is 12.1 Å². The number of amides is 1. The molecule has 2 saturated carbocycles. The smallest absolute Gasteiger partial charge is 0.387 e. The monoisotopic (exact) mass is 378 g/mol. The fourth-order valence-electron chi connectivity index (χ4n) is 3.98. The van der Waals surface area contributed by atoms with Gasteiger partial charge in [-0.05, 0) is 62.6 Å². The Labute approximate surface area is 157 Å². The summed E-state index contributed by atoms with van der Waals surface area (Å²) in [6.45, 7) is -2.89. The first-order chi connectivity index (χ1) is 12.9. The summed E-state index contributed by atoms with van der Waals surface area (Å²) in [5.41, 5.74) is 0.486. The Morgan fingerprint density at radius 3 is 2.67 bits per heavy atom. The van der Waals surface area contributed by atoms with Gasteiger partial charge < -0.3 is 15.2 Å². The molecule has 0 bridgehead atoms. The van der Waals surface area contributed by atoms with Gasteiger partial charge >= 0.3 is 6.61 Å². The summed E-state index contributed by atoms with van der Waals surface area (Å²) in [5, 5.41) is 14.0. The number of rotatable bonds is 5. The molecule has 4 rings (SSSR count). The lowest BCUT2D eigenvalue weighted by molar-refractivity contribution is -0.0497. The standard InChI is InChI=1S/C20H22F2N2O3.H2/c21-19(22)27-16-6-1-12-9-13(11-23-17(12)10-16)18(25)24-15-4-2-14(3-5-15)20(26)7-8-20;/h1,6,9-11,14-15,19,26H,2-5,7-8H2,(H,24,25);1H. The molecule has 0 aliphatic heterocycles. The zero-order valence-electron chi connectivity index (χ0n) is 14.8. The van der Waals surface area contributed by atoms with Crippen molar-refractivity contribution in [1.82, 2.24) is 10.3 Å². The number of ether oxygens (including phenoxy) is 1. The number of alkyl halides is 2. The number of hydrogen-bond donors (Lipinski definition) is 2. The van der Waals surface area contributed by atoms with Crippen LogP contribution in [0.25, 0.3) is 10.9 Å². The molecule has 7 heteroatoms. The number of benzene rings is 1. The summed E-state index contributed by atoms with van der Waals surface area (Å²) in [7, 11) is 0. The molecule has 27 heavy (non-hydrogen) atoms. The predicted octanol–water partition coefficient (Wildman–Crippen LogP) is 3.90. The number of carbonyl (C=O) groups is 1. The van der Waals surface area contributed by atoms with Crippen molar-refractivity contribution in [2.45, 2.75) is 56.8 Å². The minimum Gasteiger partial charge on any atom is -0.435 e. The molecule has 0 radical (unpaired) electrons. The highest BCUT2D eigenvalue weighted by atomic mass is 19.3. The first kappa shape index (κ1) is 18.1. The van der Waals surface area contributed by atoms with Crippen molar-refractivity contribution >= 4 is 16.8 Å². The number of nitrogens with zero attached hydrogens (tertiary/aromatic N) is 1. The van der Waals surface area contributed by atoms with Gasteiger partial charge in [-0.2, -0.15) is 8.78 Å². The van der Waals surface area contributed by atoms with E-state index in [2.05, 4.69) is 15.0 Å². The van der Waals surface area contributed by atoms with Crippen LogP contribution in [0.5, 0.6) is 5.75 Å². The van der Waals surface area contributed by atoms with E-state index in [1.165, 1.54) is 18.3 Å². The van der Waals surface area contributed by atoms with Crippen LogP contribution in [0.2, 0.25) is 0 Å². The number of pyridine rings is 1. The lowest BCUT2D eigenvalue weighted by atomic mass is 9.81. The molecule has 1 aromatic carbocycles. The Hall–Kier alpha value is -2.28. The SMILES string of the molecule is O=C(NC1CCC(C2(O)CC2)CC1)c1cnc2cc(OC(F)F)ccc2c1.[HH]. The number of nitrogens with one attached hydrogen (secondary N) is 1. The maximum atomic E-state index is 12.5. The average molecular weight is 378 g/mol. The normalized spacial score (nSPS) is 24.0. The van der Waals surface area contributed by atoms with Crippen LogP contribution in [-0.4, -0.2) is 34.3 Å². The van der Waals surface area contributed by atoms with E-state index in [-0.39, 0.29) is 19.1 Å². The van der Waals surface area contributed by atoms with Crippen LogP contribution in [0.15, 0.2) is 30.5 Å². The van der Waals surface area contributed by atoms with Gasteiger partial charge in [0.05, 0.1) is 16.7 Å². The fourth-order valence-corrected chi connectivity index (χ4v) is 3.98. The van der Waals surface area contributed by atoms with Crippen molar-refractivity contribution in [3.8, 4) is 5.75 Å². The van der Waals surface area contributed by atoms with E-state index in [9.17, 15) is 18.7 Å². The molecule has 2 N–H and O–H groups in total. The van der Waals surface area contributed by atoms with Crippen molar-refractivity contribution in [3.05, 3.63) is 36.0 Å². The van der Waals surface area contributed by atoms with Crippen LogP contribution in [0, 0.1) is 5.92 Å². The van der Waals surface area contributed by atoms with Crippen molar-refractivity contribution in [2.75, 3.05) is 0 Å². The zero-order valence-corrected chi connectivity index (χ0v) is 14.8. The van der Waals surface area contributed by atoms with Crippen molar-refractivity contribution in [2.24, 2.45) is 5.92 Å². The lowest BCUT2D eigenvalue weighted by Gasteiger charge is -2.32. The molecule has 1 heterocycles. The summed E-state index contributed by atoms with van der Waals surface area (Å²) < 4.78 is 29.0. The van der Waals surface area contributed by atoms with Crippen LogP contribution >= 0.6 is 0 Å². The molecule has 0 spiro atoms. The maximum Gasteiger partial charge on any atom is 0.387 e. The van der Waals surface area contributed by atoms with Crippen LogP contribution in [0.3, 0.4) is 0 Å². The van der Waals surface area contributed by atoms with E-state index >= 15 is 0 Å². The third-order valence-corrected chi connectivity index (χ3v) is 5.73. The highest BCUT2D eigenvalue weighted by Gasteiger charge is 2.48. The summed E-state index contributed by atoms with van der Waals surface area (Å²) in [6, 6.07) is 6.27. The number of fused-ring (bicyclic) bond motifs is 1. The molecule has 2 fully saturated rings. The van der Waals surface area contributed by atoms with Gasteiger partial charge in [0.25, 0.3) is 5.91 Å². The Bertz CT molecular complexity index is 852. The van der Waals surface area contributed by atoms with Crippen LogP contribution in [0.1, 0.15) is 50.3 Å². The fraction of sp³-hybridized carbons (Fsp3) is 0.500. The largest absolute Gasteiger partial charge is 0.435 e. The zero-order chi connectivity index (χ0) is 19.0. The van der Waals surface area contributed by atoms with E-state index in [0.29, 0.717) is 22.4 Å². The van der Waals surface area contributed by atoms with Crippen LogP contribution < -0.4 is 10.1 Å². The first-order valence-corrected chi connectivity index (χ1v) is 9.31. The number of carbonyl (C=O) groups excluding carboxylic acids is 1. The molecular formula is C20H24F2N2O3. The van der Waals surface area contributed by atoms with Gasteiger partial charge in [-0.15, -0.1) is 0 Å². The van der Waals surface area contributed by atoms with E-state index in [4.69, 9.17) is 0 Å². The highest BCUT2D eigenvalue weighted by molar-refractivity contribution is 5.97. The number of aliphatic hydroxyl groups is 1. The van der Waals surface area contributed by atoms with Gasteiger partial charge in [0.2, 0.25) is 0 Å².